The molecule has 0 aromatic heterocycles. The number of nitrogens with one attached hydrogen (secondary N) is 2. The van der Waals surface area contributed by atoms with Crippen LogP contribution in [0.3, 0.4) is 0 Å². The molecule has 0 unspecified atom stereocenters. The molecule has 9 nitrogen and oxygen atoms in total. The van der Waals surface area contributed by atoms with Crippen molar-refractivity contribution in [1.82, 2.24) is 9.62 Å². The van der Waals surface area contributed by atoms with E-state index in [1.54, 1.807) is 26.2 Å². The average Bonchev–Trinajstić information content (AvgIpc) is 3.28. The molecule has 1 atom stereocenters. The molecule has 2 aliphatic rings. The molecule has 0 saturated carbocycles. The first-order valence-electron chi connectivity index (χ1n) is 10.3. The number of hydrogen-bond acceptors (Lipinski definition) is 6. The first kappa shape index (κ1) is 22.1. The Balaban J connectivity index is 1.55. The second-order valence-corrected chi connectivity index (χ2v) is 9.61. The van der Waals surface area contributed by atoms with E-state index in [1.807, 2.05) is 18.2 Å². The zero-order valence-electron chi connectivity index (χ0n) is 17.9. The van der Waals surface area contributed by atoms with Crippen LogP contribution in [0.4, 0.5) is 5.69 Å². The third-order valence-electron chi connectivity index (χ3n) is 5.65. The number of methoxy groups -OCH3 is 1. The number of anilines is 1. The smallest absolute Gasteiger partial charge is 0.262 e. The molecule has 2 aromatic rings. The summed E-state index contributed by atoms with van der Waals surface area (Å²) in [4.78, 5) is 24.5. The van der Waals surface area contributed by atoms with E-state index in [4.69, 9.17) is 9.47 Å². The largest absolute Gasteiger partial charge is 0.496 e. The lowest BCUT2D eigenvalue weighted by atomic mass is 10.2. The number of hydrogen-bond donors (Lipinski definition) is 2. The summed E-state index contributed by atoms with van der Waals surface area (Å²) < 4.78 is 38.9. The summed E-state index contributed by atoms with van der Waals surface area (Å²) in [5.41, 5.74) is 1.71. The molecule has 2 N–H and O–H groups in total. The van der Waals surface area contributed by atoms with E-state index in [0.717, 1.165) is 5.56 Å². The molecule has 10 heteroatoms. The molecule has 1 fully saturated rings. The molecule has 2 aliphatic heterocycles. The molecule has 170 valence electrons. The minimum absolute atomic E-state index is 0.0665. The van der Waals surface area contributed by atoms with Gasteiger partial charge in [-0.3, -0.25) is 9.59 Å². The first-order valence-corrected chi connectivity index (χ1v) is 11.7. The van der Waals surface area contributed by atoms with Gasteiger partial charge in [0.2, 0.25) is 15.9 Å². The van der Waals surface area contributed by atoms with Gasteiger partial charge < -0.3 is 20.1 Å². The van der Waals surface area contributed by atoms with Gasteiger partial charge >= 0.3 is 0 Å². The Hall–Kier alpha value is -3.11. The van der Waals surface area contributed by atoms with Crippen LogP contribution in [0.5, 0.6) is 11.5 Å². The summed E-state index contributed by atoms with van der Waals surface area (Å²) in [7, 11) is -2.39. The second kappa shape index (κ2) is 8.79. The summed E-state index contributed by atoms with van der Waals surface area (Å²) >= 11 is 0. The molecule has 0 aliphatic carbocycles. The van der Waals surface area contributed by atoms with E-state index < -0.39 is 16.1 Å². The van der Waals surface area contributed by atoms with Crippen LogP contribution in [-0.4, -0.2) is 50.8 Å². The fraction of sp³-hybridized carbons (Fsp3) is 0.364. The number of benzene rings is 2. The van der Waals surface area contributed by atoms with Gasteiger partial charge in [0.25, 0.3) is 5.91 Å². The van der Waals surface area contributed by atoms with Crippen LogP contribution in [0.15, 0.2) is 41.3 Å². The number of carbonyl (C=O) groups excluding carboxylic acids is 2. The predicted octanol–water partition coefficient (Wildman–Crippen LogP) is 1.80. The standard InChI is InChI=1S/C22H25N3O6S/c1-14-10-16-19(31-13-21(26)24-16)11-20(14)32(28,29)25-9-5-7-17(25)22(27)23-12-15-6-3-4-8-18(15)30-2/h3-4,6,8,10-11,17H,5,7,9,12-13H2,1-2H3,(H,23,27)(H,24,26)/t17-/m0/s1. The molecule has 2 aromatic carbocycles. The van der Waals surface area contributed by atoms with Crippen LogP contribution in [0.1, 0.15) is 24.0 Å². The fourth-order valence-electron chi connectivity index (χ4n) is 4.06. The zero-order chi connectivity index (χ0) is 22.9. The van der Waals surface area contributed by atoms with Crippen LogP contribution >= 0.6 is 0 Å². The summed E-state index contributed by atoms with van der Waals surface area (Å²) in [5, 5.41) is 5.51. The first-order chi connectivity index (χ1) is 15.3. The average molecular weight is 460 g/mol. The Morgan fingerprint density at radius 1 is 1.31 bits per heavy atom. The van der Waals surface area contributed by atoms with Crippen molar-refractivity contribution < 1.29 is 27.5 Å². The summed E-state index contributed by atoms with van der Waals surface area (Å²) in [5.74, 6) is 0.306. The Labute approximate surface area is 186 Å². The second-order valence-electron chi connectivity index (χ2n) is 7.75. The summed E-state index contributed by atoms with van der Waals surface area (Å²) in [6, 6.07) is 9.53. The highest BCUT2D eigenvalue weighted by Crippen LogP contribution is 2.36. The maximum absolute atomic E-state index is 13.5. The van der Waals surface area contributed by atoms with Gasteiger partial charge in [0, 0.05) is 24.7 Å². The molecule has 2 amide bonds. The van der Waals surface area contributed by atoms with Crippen molar-refractivity contribution in [2.24, 2.45) is 0 Å². The van der Waals surface area contributed by atoms with Gasteiger partial charge in [-0.2, -0.15) is 4.31 Å². The maximum Gasteiger partial charge on any atom is 0.262 e. The number of aryl methyl sites for hydroxylation is 1. The van der Waals surface area contributed by atoms with E-state index in [1.165, 1.54) is 10.4 Å². The van der Waals surface area contributed by atoms with Crippen LogP contribution < -0.4 is 20.1 Å². The number of amides is 2. The normalized spacial score (nSPS) is 18.4. The van der Waals surface area contributed by atoms with Crippen molar-refractivity contribution in [2.75, 3.05) is 25.6 Å². The minimum atomic E-state index is -3.95. The molecule has 1 saturated heterocycles. The number of sulfonamides is 1. The molecule has 32 heavy (non-hydrogen) atoms. The van der Waals surface area contributed by atoms with Gasteiger partial charge in [0.1, 0.15) is 17.5 Å². The van der Waals surface area contributed by atoms with Crippen LogP contribution in [-0.2, 0) is 26.2 Å². The quantitative estimate of drug-likeness (QED) is 0.681. The van der Waals surface area contributed by atoms with E-state index >= 15 is 0 Å². The molecule has 4 rings (SSSR count). The van der Waals surface area contributed by atoms with Crippen molar-refractivity contribution in [1.29, 1.82) is 0 Å². The van der Waals surface area contributed by atoms with Crippen LogP contribution in [0.25, 0.3) is 0 Å². The Morgan fingerprint density at radius 2 is 2.09 bits per heavy atom. The Kier molecular flexibility index (Phi) is 6.07. The third-order valence-corrected chi connectivity index (χ3v) is 7.70. The number of rotatable bonds is 6. The SMILES string of the molecule is COc1ccccc1CNC(=O)[C@@H]1CCCN1S(=O)(=O)c1cc2c(cc1C)NC(=O)CO2. The molecule has 0 radical (unpaired) electrons. The number of ether oxygens (including phenoxy) is 2. The highest BCUT2D eigenvalue weighted by atomic mass is 32.2. The van der Waals surface area contributed by atoms with Crippen LogP contribution in [0, 0.1) is 6.92 Å². The predicted molar refractivity (Wildman–Crippen MR) is 117 cm³/mol. The maximum atomic E-state index is 13.5. The van der Waals surface area contributed by atoms with Gasteiger partial charge in [-0.1, -0.05) is 18.2 Å². The number of carbonyl (C=O) groups is 2. The van der Waals surface area contributed by atoms with Crippen molar-refractivity contribution in [2.45, 2.75) is 37.2 Å². The van der Waals surface area contributed by atoms with E-state index in [0.29, 0.717) is 35.6 Å². The van der Waals surface area contributed by atoms with E-state index in [-0.39, 0.29) is 36.4 Å². The molecule has 0 spiro atoms. The van der Waals surface area contributed by atoms with Gasteiger partial charge in [0.15, 0.2) is 6.61 Å². The molecule has 2 heterocycles. The lowest BCUT2D eigenvalue weighted by molar-refractivity contribution is -0.124. The topological polar surface area (TPSA) is 114 Å². The molecule has 0 bridgehead atoms. The number of fused-ring (bicyclic) bond motifs is 1. The van der Waals surface area contributed by atoms with E-state index in [9.17, 15) is 18.0 Å². The van der Waals surface area contributed by atoms with Gasteiger partial charge in [-0.25, -0.2) is 8.42 Å². The summed E-state index contributed by atoms with van der Waals surface area (Å²) in [6.07, 6.45) is 1.02. The minimum Gasteiger partial charge on any atom is -0.496 e. The number of nitrogens with zero attached hydrogens (tertiary/aromatic N) is 1. The third kappa shape index (κ3) is 4.15. The van der Waals surface area contributed by atoms with Crippen LogP contribution in [0.2, 0.25) is 0 Å². The number of para-hydroxylation sites is 1. The Bertz CT molecular complexity index is 1160. The highest BCUT2D eigenvalue weighted by molar-refractivity contribution is 7.89. The lowest BCUT2D eigenvalue weighted by Crippen LogP contribution is -2.45. The van der Waals surface area contributed by atoms with Crippen molar-refractivity contribution in [3.05, 3.63) is 47.5 Å². The lowest BCUT2D eigenvalue weighted by Gasteiger charge is -2.26. The zero-order valence-corrected chi connectivity index (χ0v) is 18.7. The highest BCUT2D eigenvalue weighted by Gasteiger charge is 2.40. The van der Waals surface area contributed by atoms with E-state index in [2.05, 4.69) is 10.6 Å². The summed E-state index contributed by atoms with van der Waals surface area (Å²) in [6.45, 7) is 1.97. The monoisotopic (exact) mass is 459 g/mol. The molecular weight excluding hydrogens is 434 g/mol. The van der Waals surface area contributed by atoms with Crippen molar-refractivity contribution in [3.8, 4) is 11.5 Å². The van der Waals surface area contributed by atoms with Crippen molar-refractivity contribution in [3.63, 3.8) is 0 Å². The van der Waals surface area contributed by atoms with Gasteiger partial charge in [-0.15, -0.1) is 0 Å². The molecular formula is C22H25N3O6S. The van der Waals surface area contributed by atoms with Gasteiger partial charge in [0.05, 0.1) is 17.7 Å². The van der Waals surface area contributed by atoms with Crippen molar-refractivity contribution >= 4 is 27.5 Å². The Morgan fingerprint density at radius 3 is 2.88 bits per heavy atom. The van der Waals surface area contributed by atoms with Gasteiger partial charge in [-0.05, 0) is 37.5 Å². The fourth-order valence-corrected chi connectivity index (χ4v) is 5.94.